The predicted molar refractivity (Wildman–Crippen MR) is 72.1 cm³/mol. The number of benzene rings is 1. The Morgan fingerprint density at radius 2 is 1.85 bits per heavy atom. The third kappa shape index (κ3) is 2.26. The molecule has 0 aromatic heterocycles. The van der Waals surface area contributed by atoms with Gasteiger partial charge in [0.25, 0.3) is 5.91 Å². The summed E-state index contributed by atoms with van der Waals surface area (Å²) in [4.78, 5) is 25.7. The summed E-state index contributed by atoms with van der Waals surface area (Å²) in [7, 11) is 0. The van der Waals surface area contributed by atoms with Crippen molar-refractivity contribution in [1.29, 1.82) is 0 Å². The molecule has 0 unspecified atom stereocenters. The molecule has 0 spiro atoms. The molecule has 3 nitrogen and oxygen atoms in total. The fourth-order valence-electron chi connectivity index (χ4n) is 2.93. The van der Waals surface area contributed by atoms with Crippen LogP contribution in [0.1, 0.15) is 37.7 Å². The van der Waals surface area contributed by atoms with Gasteiger partial charge in [0.1, 0.15) is 5.82 Å². The minimum absolute atomic E-state index is 0.0289. The Morgan fingerprint density at radius 1 is 1.10 bits per heavy atom. The molecule has 1 aliphatic carbocycles. The second-order valence-corrected chi connectivity index (χ2v) is 5.34. The monoisotopic (exact) mass is 273 g/mol. The first kappa shape index (κ1) is 13.0. The van der Waals surface area contributed by atoms with Gasteiger partial charge < -0.3 is 0 Å². The number of carbonyl (C=O) groups is 2. The molecule has 2 aliphatic rings. The van der Waals surface area contributed by atoms with Gasteiger partial charge >= 0.3 is 0 Å². The molecule has 1 aliphatic heterocycles. The van der Waals surface area contributed by atoms with E-state index in [1.54, 1.807) is 18.2 Å². The van der Waals surface area contributed by atoms with Gasteiger partial charge in [0, 0.05) is 17.6 Å². The summed E-state index contributed by atoms with van der Waals surface area (Å²) < 4.78 is 13.7. The van der Waals surface area contributed by atoms with Crippen LogP contribution in [-0.2, 0) is 16.1 Å². The lowest BCUT2D eigenvalue weighted by Gasteiger charge is -2.31. The van der Waals surface area contributed by atoms with Gasteiger partial charge in [0.2, 0.25) is 5.91 Å². The standard InChI is InChI=1S/C16H16FNO2/c17-14-8-4-2-6-12(14)10-18-15(19)9-11-5-1-3-7-13(11)16(18)20/h2,4,6,8H,1,3,5,7,9-10H2. The summed E-state index contributed by atoms with van der Waals surface area (Å²) in [6.45, 7) is 0.0289. The van der Waals surface area contributed by atoms with E-state index < -0.39 is 0 Å². The van der Waals surface area contributed by atoms with Crippen LogP contribution in [0, 0.1) is 5.82 Å². The maximum Gasteiger partial charge on any atom is 0.256 e. The van der Waals surface area contributed by atoms with Crippen LogP contribution in [0.3, 0.4) is 0 Å². The first-order valence-corrected chi connectivity index (χ1v) is 6.96. The lowest BCUT2D eigenvalue weighted by molar-refractivity contribution is -0.144. The molecule has 20 heavy (non-hydrogen) atoms. The van der Waals surface area contributed by atoms with Crippen molar-refractivity contribution < 1.29 is 14.0 Å². The van der Waals surface area contributed by atoms with Crippen molar-refractivity contribution in [2.24, 2.45) is 0 Å². The van der Waals surface area contributed by atoms with Crippen LogP contribution < -0.4 is 0 Å². The first-order chi connectivity index (χ1) is 9.66. The molecule has 2 amide bonds. The van der Waals surface area contributed by atoms with E-state index in [9.17, 15) is 14.0 Å². The smallest absolute Gasteiger partial charge is 0.256 e. The molecule has 4 heteroatoms. The van der Waals surface area contributed by atoms with Crippen LogP contribution in [0.4, 0.5) is 4.39 Å². The highest BCUT2D eigenvalue weighted by Gasteiger charge is 2.34. The van der Waals surface area contributed by atoms with Gasteiger partial charge in [-0.1, -0.05) is 23.8 Å². The second kappa shape index (κ2) is 5.19. The third-order valence-electron chi connectivity index (χ3n) is 4.04. The number of imide groups is 1. The first-order valence-electron chi connectivity index (χ1n) is 6.96. The average Bonchev–Trinajstić information content (AvgIpc) is 2.45. The van der Waals surface area contributed by atoms with E-state index in [1.165, 1.54) is 11.0 Å². The largest absolute Gasteiger partial charge is 0.274 e. The Bertz CT molecular complexity index is 606. The Hall–Kier alpha value is -1.97. The normalized spacial score (nSPS) is 19.4. The highest BCUT2D eigenvalue weighted by molar-refractivity contribution is 6.08. The SMILES string of the molecule is O=C1CC2=C(CCCC2)C(=O)N1Cc1ccccc1F. The van der Waals surface area contributed by atoms with Crippen molar-refractivity contribution in [3.8, 4) is 0 Å². The highest BCUT2D eigenvalue weighted by Crippen LogP contribution is 2.33. The van der Waals surface area contributed by atoms with E-state index >= 15 is 0 Å². The van der Waals surface area contributed by atoms with Crippen molar-refractivity contribution in [2.75, 3.05) is 0 Å². The number of halogens is 1. The minimum atomic E-state index is -0.378. The van der Waals surface area contributed by atoms with Gasteiger partial charge in [0.05, 0.1) is 6.54 Å². The number of hydrogen-bond acceptors (Lipinski definition) is 2. The van der Waals surface area contributed by atoms with E-state index in [2.05, 4.69) is 0 Å². The van der Waals surface area contributed by atoms with Crippen LogP contribution in [0.5, 0.6) is 0 Å². The summed E-state index contributed by atoms with van der Waals surface area (Å²) in [6, 6.07) is 6.27. The zero-order chi connectivity index (χ0) is 14.1. The molecule has 0 bridgehead atoms. The number of hydrogen-bond donors (Lipinski definition) is 0. The van der Waals surface area contributed by atoms with Gasteiger partial charge in [-0.25, -0.2) is 4.39 Å². The molecule has 0 saturated carbocycles. The molecule has 3 rings (SSSR count). The summed E-state index contributed by atoms with van der Waals surface area (Å²) in [5.74, 6) is -0.811. The van der Waals surface area contributed by atoms with E-state index in [4.69, 9.17) is 0 Å². The summed E-state index contributed by atoms with van der Waals surface area (Å²) in [5.41, 5.74) is 2.16. The van der Waals surface area contributed by atoms with E-state index in [0.717, 1.165) is 36.8 Å². The fraction of sp³-hybridized carbons (Fsp3) is 0.375. The molecule has 0 radical (unpaired) electrons. The number of carbonyl (C=O) groups excluding carboxylic acids is 2. The topological polar surface area (TPSA) is 37.4 Å². The van der Waals surface area contributed by atoms with E-state index in [0.29, 0.717) is 12.0 Å². The lowest BCUT2D eigenvalue weighted by atomic mass is 9.86. The maximum atomic E-state index is 13.7. The molecule has 1 aromatic carbocycles. The van der Waals surface area contributed by atoms with Crippen molar-refractivity contribution in [3.05, 3.63) is 46.8 Å². The molecule has 1 heterocycles. The molecule has 1 aromatic rings. The Labute approximate surface area is 117 Å². The van der Waals surface area contributed by atoms with Crippen molar-refractivity contribution in [2.45, 2.75) is 38.6 Å². The minimum Gasteiger partial charge on any atom is -0.274 e. The number of nitrogens with zero attached hydrogens (tertiary/aromatic N) is 1. The fourth-order valence-corrected chi connectivity index (χ4v) is 2.93. The Morgan fingerprint density at radius 3 is 2.65 bits per heavy atom. The van der Waals surface area contributed by atoms with Crippen LogP contribution in [0.2, 0.25) is 0 Å². The molecular weight excluding hydrogens is 257 g/mol. The molecule has 0 N–H and O–H groups in total. The predicted octanol–water partition coefficient (Wildman–Crippen LogP) is 2.96. The van der Waals surface area contributed by atoms with E-state index in [1.807, 2.05) is 0 Å². The second-order valence-electron chi connectivity index (χ2n) is 5.34. The van der Waals surface area contributed by atoms with Crippen LogP contribution in [-0.4, -0.2) is 16.7 Å². The zero-order valence-corrected chi connectivity index (χ0v) is 11.2. The van der Waals surface area contributed by atoms with Crippen LogP contribution in [0.15, 0.2) is 35.4 Å². The van der Waals surface area contributed by atoms with E-state index in [-0.39, 0.29) is 24.2 Å². The van der Waals surface area contributed by atoms with Gasteiger partial charge in [-0.2, -0.15) is 0 Å². The van der Waals surface area contributed by atoms with Gasteiger partial charge in [-0.05, 0) is 31.7 Å². The molecule has 104 valence electrons. The molecule has 0 atom stereocenters. The number of rotatable bonds is 2. The highest BCUT2D eigenvalue weighted by atomic mass is 19.1. The van der Waals surface area contributed by atoms with Crippen LogP contribution >= 0.6 is 0 Å². The molecule has 0 fully saturated rings. The summed E-state index contributed by atoms with van der Waals surface area (Å²) in [5, 5.41) is 0. The van der Waals surface area contributed by atoms with Crippen molar-refractivity contribution in [1.82, 2.24) is 4.90 Å². The van der Waals surface area contributed by atoms with Gasteiger partial charge in [-0.3, -0.25) is 14.5 Å². The Balaban J connectivity index is 1.87. The Kier molecular flexibility index (Phi) is 3.38. The van der Waals surface area contributed by atoms with Gasteiger partial charge in [0.15, 0.2) is 0 Å². The maximum absolute atomic E-state index is 13.7. The van der Waals surface area contributed by atoms with Crippen molar-refractivity contribution >= 4 is 11.8 Å². The van der Waals surface area contributed by atoms with Crippen molar-refractivity contribution in [3.63, 3.8) is 0 Å². The molecular formula is C16H16FNO2. The summed E-state index contributed by atoms with van der Waals surface area (Å²) in [6.07, 6.45) is 3.95. The third-order valence-corrected chi connectivity index (χ3v) is 4.04. The van der Waals surface area contributed by atoms with Gasteiger partial charge in [-0.15, -0.1) is 0 Å². The van der Waals surface area contributed by atoms with Crippen LogP contribution in [0.25, 0.3) is 0 Å². The average molecular weight is 273 g/mol. The molecule has 0 saturated heterocycles. The zero-order valence-electron chi connectivity index (χ0n) is 11.2. The lowest BCUT2D eigenvalue weighted by Crippen LogP contribution is -2.42. The summed E-state index contributed by atoms with van der Waals surface area (Å²) >= 11 is 0. The number of amides is 2. The quantitative estimate of drug-likeness (QED) is 0.777.